The molecule has 0 unspecified atom stereocenters. The first-order valence-corrected chi connectivity index (χ1v) is 10.3. The summed E-state index contributed by atoms with van der Waals surface area (Å²) in [6.45, 7) is 0.0203. The number of para-hydroxylation sites is 1. The summed E-state index contributed by atoms with van der Waals surface area (Å²) in [5.74, 6) is 1.30. The maximum Gasteiger partial charge on any atom is 0.246 e. The number of nitrogens with zero attached hydrogens (tertiary/aromatic N) is 3. The lowest BCUT2D eigenvalue weighted by atomic mass is 10.1. The zero-order chi connectivity index (χ0) is 21.6. The molecule has 1 N–H and O–H groups in total. The van der Waals surface area contributed by atoms with Gasteiger partial charge in [-0.05, 0) is 54.2 Å². The van der Waals surface area contributed by atoms with E-state index in [1.54, 1.807) is 36.1 Å². The van der Waals surface area contributed by atoms with Crippen molar-refractivity contribution in [1.82, 2.24) is 14.3 Å². The molecule has 0 atom stereocenters. The van der Waals surface area contributed by atoms with E-state index in [1.165, 1.54) is 0 Å². The summed E-state index contributed by atoms with van der Waals surface area (Å²) in [5.41, 5.74) is 2.72. The number of aromatic nitrogens is 3. The van der Waals surface area contributed by atoms with Crippen molar-refractivity contribution in [2.24, 2.45) is 0 Å². The van der Waals surface area contributed by atoms with E-state index >= 15 is 0 Å². The van der Waals surface area contributed by atoms with Gasteiger partial charge in [-0.15, -0.1) is 0 Å². The lowest BCUT2D eigenvalue weighted by Crippen LogP contribution is -2.19. The van der Waals surface area contributed by atoms with Crippen molar-refractivity contribution in [2.45, 2.75) is 13.0 Å². The number of nitrogens with one attached hydrogen (secondary N) is 1. The van der Waals surface area contributed by atoms with E-state index in [0.29, 0.717) is 16.9 Å². The third kappa shape index (κ3) is 4.90. The number of benzene rings is 3. The Labute approximate surface area is 185 Å². The quantitative estimate of drug-likeness (QED) is 0.434. The van der Waals surface area contributed by atoms with Crippen LogP contribution >= 0.6 is 12.2 Å². The van der Waals surface area contributed by atoms with E-state index in [4.69, 9.17) is 17.0 Å². The highest BCUT2D eigenvalue weighted by Crippen LogP contribution is 2.17. The lowest BCUT2D eigenvalue weighted by Gasteiger charge is -2.07. The van der Waals surface area contributed by atoms with Crippen molar-refractivity contribution >= 4 is 23.8 Å². The van der Waals surface area contributed by atoms with E-state index in [9.17, 15) is 4.79 Å². The highest BCUT2D eigenvalue weighted by atomic mass is 32.1. The van der Waals surface area contributed by atoms with Crippen LogP contribution in [0.3, 0.4) is 0 Å². The summed E-state index contributed by atoms with van der Waals surface area (Å²) in [4.78, 5) is 12.6. The van der Waals surface area contributed by atoms with Crippen molar-refractivity contribution in [3.8, 4) is 11.4 Å². The molecule has 4 rings (SSSR count). The number of hydrogen-bond donors (Lipinski definition) is 1. The summed E-state index contributed by atoms with van der Waals surface area (Å²) in [6, 6.07) is 27.1. The van der Waals surface area contributed by atoms with Crippen molar-refractivity contribution in [1.29, 1.82) is 0 Å². The molecule has 0 aliphatic heterocycles. The van der Waals surface area contributed by atoms with Crippen LogP contribution in [0.15, 0.2) is 84.9 Å². The second-order valence-electron chi connectivity index (χ2n) is 6.97. The molecule has 1 aromatic heterocycles. The fourth-order valence-electron chi connectivity index (χ4n) is 3.30. The molecular weight excluding hydrogens is 408 g/mol. The summed E-state index contributed by atoms with van der Waals surface area (Å²) in [7, 11) is 1.60. The molecular formula is C24H22N4O2S. The largest absolute Gasteiger partial charge is 0.497 e. The van der Waals surface area contributed by atoms with Crippen molar-refractivity contribution in [3.63, 3.8) is 0 Å². The van der Waals surface area contributed by atoms with Gasteiger partial charge in [0, 0.05) is 17.8 Å². The molecule has 3 aromatic carbocycles. The van der Waals surface area contributed by atoms with Crippen LogP contribution in [0.5, 0.6) is 5.75 Å². The Morgan fingerprint density at radius 2 is 1.61 bits per heavy atom. The van der Waals surface area contributed by atoms with Gasteiger partial charge in [0.2, 0.25) is 10.7 Å². The minimum Gasteiger partial charge on any atom is -0.497 e. The van der Waals surface area contributed by atoms with Gasteiger partial charge < -0.3 is 10.1 Å². The van der Waals surface area contributed by atoms with Gasteiger partial charge in [0.15, 0.2) is 0 Å². The Morgan fingerprint density at radius 1 is 0.968 bits per heavy atom. The lowest BCUT2D eigenvalue weighted by molar-refractivity contribution is -0.116. The van der Waals surface area contributed by atoms with E-state index in [2.05, 4.69) is 10.4 Å². The van der Waals surface area contributed by atoms with Gasteiger partial charge in [-0.2, -0.15) is 5.10 Å². The number of anilines is 1. The van der Waals surface area contributed by atoms with Crippen molar-refractivity contribution in [3.05, 3.63) is 101 Å². The first-order valence-electron chi connectivity index (χ1n) is 9.86. The molecule has 156 valence electrons. The monoisotopic (exact) mass is 430 g/mol. The fraction of sp³-hybridized carbons (Fsp3) is 0.125. The molecule has 4 aromatic rings. The molecule has 7 heteroatoms. The molecule has 1 amide bonds. The minimum absolute atomic E-state index is 0.0203. The van der Waals surface area contributed by atoms with Crippen LogP contribution in [-0.4, -0.2) is 27.4 Å². The van der Waals surface area contributed by atoms with Crippen molar-refractivity contribution < 1.29 is 9.53 Å². The Kier molecular flexibility index (Phi) is 6.24. The zero-order valence-corrected chi connectivity index (χ0v) is 17.9. The molecule has 0 fully saturated rings. The third-order valence-electron chi connectivity index (χ3n) is 4.79. The second-order valence-corrected chi connectivity index (χ2v) is 7.33. The Bertz CT molecular complexity index is 1220. The first-order chi connectivity index (χ1) is 15.1. The van der Waals surface area contributed by atoms with Gasteiger partial charge in [0.1, 0.15) is 18.1 Å². The minimum atomic E-state index is -0.203. The SMILES string of the molecule is COc1ccc(NC(=O)Cn2nc(Cc3ccccc3)n(-c3ccccc3)c2=S)cc1. The summed E-state index contributed by atoms with van der Waals surface area (Å²) in [6.07, 6.45) is 0.604. The number of methoxy groups -OCH3 is 1. The predicted molar refractivity (Wildman–Crippen MR) is 123 cm³/mol. The summed E-state index contributed by atoms with van der Waals surface area (Å²) in [5, 5.41) is 7.56. The third-order valence-corrected chi connectivity index (χ3v) is 5.19. The number of rotatable bonds is 7. The Hall–Kier alpha value is -3.71. The molecule has 0 saturated carbocycles. The molecule has 0 saturated heterocycles. The molecule has 31 heavy (non-hydrogen) atoms. The summed E-state index contributed by atoms with van der Waals surface area (Å²) < 4.78 is 9.11. The highest BCUT2D eigenvalue weighted by molar-refractivity contribution is 7.71. The normalized spacial score (nSPS) is 10.6. The molecule has 6 nitrogen and oxygen atoms in total. The van der Waals surface area contributed by atoms with Gasteiger partial charge in [-0.3, -0.25) is 9.36 Å². The Morgan fingerprint density at radius 3 is 2.26 bits per heavy atom. The fourth-order valence-corrected chi connectivity index (χ4v) is 3.61. The van der Waals surface area contributed by atoms with Crippen LogP contribution < -0.4 is 10.1 Å². The van der Waals surface area contributed by atoms with E-state index in [-0.39, 0.29) is 12.5 Å². The van der Waals surface area contributed by atoms with Crippen LogP contribution in [0, 0.1) is 4.77 Å². The predicted octanol–water partition coefficient (Wildman–Crippen LogP) is 4.64. The molecule has 0 aliphatic carbocycles. The number of hydrogen-bond acceptors (Lipinski definition) is 4. The van der Waals surface area contributed by atoms with E-state index in [0.717, 1.165) is 22.8 Å². The maximum atomic E-state index is 12.6. The average Bonchev–Trinajstić information content (AvgIpc) is 3.09. The maximum absolute atomic E-state index is 12.6. The molecule has 0 aliphatic rings. The van der Waals surface area contributed by atoms with Crippen LogP contribution in [0.1, 0.15) is 11.4 Å². The Balaban J connectivity index is 1.61. The smallest absolute Gasteiger partial charge is 0.246 e. The van der Waals surface area contributed by atoms with Crippen LogP contribution in [0.4, 0.5) is 5.69 Å². The zero-order valence-electron chi connectivity index (χ0n) is 17.1. The molecule has 1 heterocycles. The van der Waals surface area contributed by atoms with E-state index in [1.807, 2.05) is 65.2 Å². The summed E-state index contributed by atoms with van der Waals surface area (Å²) >= 11 is 5.69. The number of amides is 1. The molecule has 0 bridgehead atoms. The van der Waals surface area contributed by atoms with Gasteiger partial charge in [-0.1, -0.05) is 48.5 Å². The highest BCUT2D eigenvalue weighted by Gasteiger charge is 2.15. The number of carbonyl (C=O) groups is 1. The number of ether oxygens (including phenoxy) is 1. The van der Waals surface area contributed by atoms with Gasteiger partial charge >= 0.3 is 0 Å². The second kappa shape index (κ2) is 9.40. The van der Waals surface area contributed by atoms with Crippen molar-refractivity contribution in [2.75, 3.05) is 12.4 Å². The van der Waals surface area contributed by atoms with E-state index < -0.39 is 0 Å². The first kappa shape index (κ1) is 20.6. The molecule has 0 radical (unpaired) electrons. The van der Waals surface area contributed by atoms with Crippen LogP contribution in [0.25, 0.3) is 5.69 Å². The van der Waals surface area contributed by atoms with Crippen LogP contribution in [-0.2, 0) is 17.8 Å². The van der Waals surface area contributed by atoms with Gasteiger partial charge in [-0.25, -0.2) is 4.68 Å². The standard InChI is InChI=1S/C24H22N4O2S/c1-30-21-14-12-19(13-15-21)25-23(29)17-27-24(31)28(20-10-6-3-7-11-20)22(26-27)16-18-8-4-2-5-9-18/h2-15H,16-17H2,1H3,(H,25,29). The number of carbonyl (C=O) groups excluding carboxylic acids is 1. The molecule has 0 spiro atoms. The van der Waals surface area contributed by atoms with Gasteiger partial charge in [0.05, 0.1) is 7.11 Å². The van der Waals surface area contributed by atoms with Gasteiger partial charge in [0.25, 0.3) is 0 Å². The average molecular weight is 431 g/mol. The van der Waals surface area contributed by atoms with Crippen LogP contribution in [0.2, 0.25) is 0 Å². The topological polar surface area (TPSA) is 61.1 Å².